The Morgan fingerprint density at radius 2 is 1.74 bits per heavy atom. The third-order valence-electron chi connectivity index (χ3n) is 5.27. The van der Waals surface area contributed by atoms with Crippen LogP contribution in [0.5, 0.6) is 5.75 Å². The summed E-state index contributed by atoms with van der Waals surface area (Å²) in [6, 6.07) is 2.77. The fraction of sp³-hybridized carbons (Fsp3) is 0.360. The predicted octanol–water partition coefficient (Wildman–Crippen LogP) is 5.15. The second-order valence-corrected chi connectivity index (χ2v) is 9.99. The molecule has 0 spiro atoms. The van der Waals surface area contributed by atoms with Crippen molar-refractivity contribution in [2.45, 2.75) is 52.8 Å². The molecule has 39 heavy (non-hydrogen) atoms. The third kappa shape index (κ3) is 7.72. The zero-order valence-corrected chi connectivity index (χ0v) is 22.8. The summed E-state index contributed by atoms with van der Waals surface area (Å²) in [7, 11) is 1.38. The lowest BCUT2D eigenvalue weighted by molar-refractivity contribution is -0.156. The highest BCUT2D eigenvalue weighted by atomic mass is 32.1. The van der Waals surface area contributed by atoms with E-state index in [2.05, 4.69) is 25.0 Å². The van der Waals surface area contributed by atoms with Crippen LogP contribution in [0.15, 0.2) is 29.9 Å². The van der Waals surface area contributed by atoms with Crippen molar-refractivity contribution in [3.05, 3.63) is 41.0 Å². The van der Waals surface area contributed by atoms with E-state index in [4.69, 9.17) is 4.74 Å². The van der Waals surface area contributed by atoms with Crippen molar-refractivity contribution in [2.75, 3.05) is 17.3 Å². The first kappa shape index (κ1) is 29.5. The monoisotopic (exact) mass is 565 g/mol. The highest BCUT2D eigenvalue weighted by Gasteiger charge is 2.36. The topological polar surface area (TPSA) is 124 Å². The number of thiazole rings is 1. The van der Waals surface area contributed by atoms with Gasteiger partial charge in [0.25, 0.3) is 0 Å². The molecule has 0 saturated carbocycles. The van der Waals surface area contributed by atoms with Gasteiger partial charge in [-0.2, -0.15) is 13.2 Å². The lowest BCUT2D eigenvalue weighted by atomic mass is 10.0. The molecule has 0 unspecified atom stereocenters. The number of fused-ring (bicyclic) bond motifs is 1. The number of anilines is 3. The van der Waals surface area contributed by atoms with E-state index < -0.39 is 35.4 Å². The van der Waals surface area contributed by atoms with Gasteiger partial charge in [0.2, 0.25) is 5.91 Å². The summed E-state index contributed by atoms with van der Waals surface area (Å²) in [5.41, 5.74) is 0.897. The van der Waals surface area contributed by atoms with Gasteiger partial charge < -0.3 is 19.7 Å². The molecule has 0 radical (unpaired) electrons. The van der Waals surface area contributed by atoms with Crippen molar-refractivity contribution >= 4 is 45.8 Å². The van der Waals surface area contributed by atoms with Gasteiger partial charge in [0.15, 0.2) is 5.13 Å². The highest BCUT2D eigenvalue weighted by Crippen LogP contribution is 2.39. The van der Waals surface area contributed by atoms with E-state index in [1.54, 1.807) is 11.6 Å². The Kier molecular flexibility index (Phi) is 8.58. The first-order chi connectivity index (χ1) is 18.1. The number of rotatable bonds is 4. The van der Waals surface area contributed by atoms with Crippen LogP contribution in [0.2, 0.25) is 0 Å². The Morgan fingerprint density at radius 3 is 2.31 bits per heavy atom. The van der Waals surface area contributed by atoms with Crippen LogP contribution < -0.4 is 15.0 Å². The Bertz CT molecular complexity index is 1390. The minimum absolute atomic E-state index is 0.0442. The zero-order valence-electron chi connectivity index (χ0n) is 22.0. The van der Waals surface area contributed by atoms with Crippen molar-refractivity contribution in [3.8, 4) is 17.1 Å². The van der Waals surface area contributed by atoms with Gasteiger partial charge in [0, 0.05) is 45.2 Å². The molecule has 0 saturated heterocycles. The Morgan fingerprint density at radius 1 is 1.08 bits per heavy atom. The zero-order chi connectivity index (χ0) is 29.1. The van der Waals surface area contributed by atoms with Crippen LogP contribution in [0.1, 0.15) is 45.7 Å². The van der Waals surface area contributed by atoms with E-state index in [9.17, 15) is 27.6 Å². The number of hydrogen-bond donors (Lipinski definition) is 1. The van der Waals surface area contributed by atoms with Crippen molar-refractivity contribution in [3.63, 3.8) is 0 Å². The summed E-state index contributed by atoms with van der Waals surface area (Å²) in [5, 5.41) is 4.60. The van der Waals surface area contributed by atoms with Gasteiger partial charge in [-0.25, -0.2) is 9.97 Å². The third-order valence-corrected chi connectivity index (χ3v) is 6.03. The van der Waals surface area contributed by atoms with Gasteiger partial charge in [-0.1, -0.05) is 0 Å². The largest absolute Gasteiger partial charge is 0.486 e. The molecule has 1 N–H and O–H groups in total. The van der Waals surface area contributed by atoms with E-state index in [0.717, 1.165) is 40.0 Å². The summed E-state index contributed by atoms with van der Waals surface area (Å²) in [6.45, 7) is 7.60. The molecule has 3 aromatic rings. The summed E-state index contributed by atoms with van der Waals surface area (Å²) in [4.78, 5) is 44.9. The molecule has 4 heterocycles. The first-order valence-corrected chi connectivity index (χ1v) is 12.3. The minimum Gasteiger partial charge on any atom is -0.486 e. The normalized spacial score (nSPS) is 13.4. The van der Waals surface area contributed by atoms with E-state index >= 15 is 0 Å². The number of ether oxygens (including phenoxy) is 2. The van der Waals surface area contributed by atoms with Crippen LogP contribution in [-0.2, 0) is 31.7 Å². The molecular formula is C25H26F3N5O5S. The van der Waals surface area contributed by atoms with Crippen molar-refractivity contribution in [1.82, 2.24) is 15.0 Å². The van der Waals surface area contributed by atoms with Gasteiger partial charge in [-0.05, 0) is 26.0 Å². The number of halogens is 3. The molecule has 1 aliphatic rings. The number of nitrogens with zero attached hydrogens (tertiary/aromatic N) is 4. The quantitative estimate of drug-likeness (QED) is 0.338. The van der Waals surface area contributed by atoms with E-state index in [1.807, 2.05) is 19.9 Å². The van der Waals surface area contributed by atoms with Gasteiger partial charge in [-0.15, -0.1) is 11.3 Å². The lowest BCUT2D eigenvalue weighted by Crippen LogP contribution is -2.24. The highest BCUT2D eigenvalue weighted by molar-refractivity contribution is 7.14. The van der Waals surface area contributed by atoms with Crippen molar-refractivity contribution < 1.29 is 37.0 Å². The average molecular weight is 566 g/mol. The summed E-state index contributed by atoms with van der Waals surface area (Å²) >= 11 is 1.14. The second kappa shape index (κ2) is 11.4. The number of hydrogen-bond acceptors (Lipinski definition) is 10. The maximum Gasteiger partial charge on any atom is 0.420 e. The number of carbonyl (C=O) groups is 3. The maximum atomic E-state index is 13.6. The molecule has 0 fully saturated rings. The SMILES string of the molecule is CC(=O)N(C)c1cnc(Nc2nc(-c3cc4c(cn3)OC(C)(C)C4)cs2)c(C(F)(F)F)c1.CC(=O)OC(C)=O. The van der Waals surface area contributed by atoms with Crippen LogP contribution in [0.3, 0.4) is 0 Å². The Balaban J connectivity index is 0.000000532. The number of esters is 2. The molecule has 0 atom stereocenters. The van der Waals surface area contributed by atoms with E-state index in [0.29, 0.717) is 11.4 Å². The van der Waals surface area contributed by atoms with E-state index in [1.165, 1.54) is 34.0 Å². The molecule has 1 amide bonds. The molecule has 14 heteroatoms. The summed E-state index contributed by atoms with van der Waals surface area (Å²) < 4.78 is 50.7. The number of amides is 1. The maximum absolute atomic E-state index is 13.6. The first-order valence-electron chi connectivity index (χ1n) is 11.5. The van der Waals surface area contributed by atoms with Crippen molar-refractivity contribution in [2.24, 2.45) is 0 Å². The molecular weight excluding hydrogens is 539 g/mol. The smallest absolute Gasteiger partial charge is 0.420 e. The standard InChI is InChI=1S/C21H20F3N5O2S.C4H6O3/c1-11(30)29(4)13-6-14(21(22,23)24)18(26-8-13)28-19-27-16(10-32-19)15-5-12-7-20(2,3)31-17(12)9-25-15;1-3(5)7-4(2)6/h5-6,8-10H,7H2,1-4H3,(H,26,27,28);1-2H3. The van der Waals surface area contributed by atoms with Gasteiger partial charge in [-0.3, -0.25) is 19.4 Å². The number of aromatic nitrogens is 3. The van der Waals surface area contributed by atoms with Gasteiger partial charge >= 0.3 is 18.1 Å². The number of nitrogens with one attached hydrogen (secondary N) is 1. The summed E-state index contributed by atoms with van der Waals surface area (Å²) in [5.74, 6) is -1.20. The number of pyridine rings is 2. The molecule has 3 aromatic heterocycles. The molecule has 208 valence electrons. The van der Waals surface area contributed by atoms with Crippen LogP contribution in [0.25, 0.3) is 11.4 Å². The fourth-order valence-electron chi connectivity index (χ4n) is 3.53. The van der Waals surface area contributed by atoms with Crippen LogP contribution >= 0.6 is 11.3 Å². The fourth-order valence-corrected chi connectivity index (χ4v) is 4.24. The molecule has 0 aromatic carbocycles. The van der Waals surface area contributed by atoms with Crippen molar-refractivity contribution in [1.29, 1.82) is 0 Å². The molecule has 4 rings (SSSR count). The molecule has 10 nitrogen and oxygen atoms in total. The van der Waals surface area contributed by atoms with Crippen LogP contribution in [0.4, 0.5) is 29.8 Å². The number of alkyl halides is 3. The van der Waals surface area contributed by atoms with Crippen LogP contribution in [0, 0.1) is 0 Å². The summed E-state index contributed by atoms with van der Waals surface area (Å²) in [6.07, 6.45) is -1.10. The Labute approximate surface area is 226 Å². The molecule has 0 bridgehead atoms. The molecule has 1 aliphatic heterocycles. The number of carbonyl (C=O) groups excluding carboxylic acids is 3. The van der Waals surface area contributed by atoms with Crippen LogP contribution in [-0.4, -0.2) is 45.4 Å². The predicted molar refractivity (Wildman–Crippen MR) is 138 cm³/mol. The average Bonchev–Trinajstić information content (AvgIpc) is 3.39. The second-order valence-electron chi connectivity index (χ2n) is 9.13. The van der Waals surface area contributed by atoms with Gasteiger partial charge in [0.05, 0.1) is 23.8 Å². The molecule has 0 aliphatic carbocycles. The van der Waals surface area contributed by atoms with Gasteiger partial charge in [0.1, 0.15) is 28.4 Å². The Hall–Kier alpha value is -4.07. The minimum atomic E-state index is -4.67. The van der Waals surface area contributed by atoms with E-state index in [-0.39, 0.29) is 16.4 Å². The lowest BCUT2D eigenvalue weighted by Gasteiger charge is -2.18.